The monoisotopic (exact) mass is 659 g/mol. The molecule has 6 rings (SSSR count). The highest BCUT2D eigenvalue weighted by Gasteiger charge is 2.59. The number of ether oxygens (including phenoxy) is 7. The minimum absolute atomic E-state index is 0. The van der Waals surface area contributed by atoms with Crippen LogP contribution < -0.4 is 37.2 Å². The number of nitrogens with two attached hydrogens (primary N) is 1. The largest absolute Gasteiger partial charge is 1.00 e. The standard InChI is InChI=1S/C33H42N3O9.ClH/c1-39-19-7-8-20-21-9-10-36(34)16-18-13-27(45-32(37)17-11-25(40-2)30(42-4)26(12-17)41-3)31(43-5)28(33(38)44-6)22(18)15-24(36)29(21)35-23(20)14-19;/h7-8,11-12,14,18,22,24,27-28,31,35H,9-10,13,15-16,34H2,1-6H3;1H/q+1;/p-1. The molecule has 13 heteroatoms. The zero-order valence-electron chi connectivity index (χ0n) is 27.0. The molecule has 3 heterocycles. The van der Waals surface area contributed by atoms with Gasteiger partial charge in [0.1, 0.15) is 30.5 Å². The Kier molecular flexibility index (Phi) is 9.65. The maximum absolute atomic E-state index is 13.6. The summed E-state index contributed by atoms with van der Waals surface area (Å²) in [6.07, 6.45) is 0.555. The van der Waals surface area contributed by atoms with Crippen LogP contribution in [0.1, 0.15) is 40.5 Å². The molecule has 250 valence electrons. The molecule has 3 N–H and O–H groups in total. The van der Waals surface area contributed by atoms with E-state index in [2.05, 4.69) is 11.1 Å². The van der Waals surface area contributed by atoms with Crippen LogP contribution in [0.25, 0.3) is 10.9 Å². The van der Waals surface area contributed by atoms with Gasteiger partial charge in [0.25, 0.3) is 0 Å². The zero-order valence-corrected chi connectivity index (χ0v) is 27.7. The molecule has 1 saturated carbocycles. The molecule has 1 aliphatic carbocycles. The van der Waals surface area contributed by atoms with Crippen molar-refractivity contribution in [3.63, 3.8) is 0 Å². The van der Waals surface area contributed by atoms with E-state index in [0.29, 0.717) is 41.2 Å². The Morgan fingerprint density at radius 3 is 2.26 bits per heavy atom. The van der Waals surface area contributed by atoms with Crippen LogP contribution in [0.5, 0.6) is 23.0 Å². The van der Waals surface area contributed by atoms with E-state index < -0.39 is 24.1 Å². The van der Waals surface area contributed by atoms with Gasteiger partial charge in [-0.05, 0) is 42.2 Å². The number of H-pyrrole nitrogens is 1. The number of rotatable bonds is 8. The lowest BCUT2D eigenvalue weighted by atomic mass is 9.63. The first kappa shape index (κ1) is 33.6. The second kappa shape index (κ2) is 13.2. The van der Waals surface area contributed by atoms with E-state index in [0.717, 1.165) is 29.9 Å². The molecule has 7 unspecified atom stereocenters. The molecule has 3 aliphatic rings. The third-order valence-electron chi connectivity index (χ3n) is 10.2. The van der Waals surface area contributed by atoms with Crippen molar-refractivity contribution in [3.05, 3.63) is 47.2 Å². The minimum Gasteiger partial charge on any atom is -1.00 e. The van der Waals surface area contributed by atoms with E-state index in [1.807, 2.05) is 12.1 Å². The number of halogens is 1. The molecule has 0 spiro atoms. The fourth-order valence-corrected chi connectivity index (χ4v) is 8.10. The molecule has 2 fully saturated rings. The summed E-state index contributed by atoms with van der Waals surface area (Å²) in [4.78, 5) is 30.7. The Morgan fingerprint density at radius 1 is 0.935 bits per heavy atom. The van der Waals surface area contributed by atoms with Crippen LogP contribution in [0.15, 0.2) is 30.3 Å². The van der Waals surface area contributed by atoms with Gasteiger partial charge in [-0.1, -0.05) is 0 Å². The lowest BCUT2D eigenvalue weighted by Gasteiger charge is -2.55. The van der Waals surface area contributed by atoms with Crippen LogP contribution in [-0.4, -0.2) is 89.5 Å². The van der Waals surface area contributed by atoms with Crippen LogP contribution in [0.4, 0.5) is 0 Å². The number of aromatic amines is 1. The third-order valence-corrected chi connectivity index (χ3v) is 10.2. The van der Waals surface area contributed by atoms with Crippen molar-refractivity contribution in [3.8, 4) is 23.0 Å². The molecule has 3 aromatic rings. The van der Waals surface area contributed by atoms with Gasteiger partial charge in [-0.25, -0.2) is 9.39 Å². The normalized spacial score (nSPS) is 28.1. The summed E-state index contributed by atoms with van der Waals surface area (Å²) in [5.41, 5.74) is 3.61. The van der Waals surface area contributed by atoms with Gasteiger partial charge in [0, 0.05) is 42.8 Å². The number of nitrogens with zero attached hydrogens (tertiary/aromatic N) is 1. The average Bonchev–Trinajstić information content (AvgIpc) is 3.43. The number of methoxy groups -OCH3 is 6. The van der Waals surface area contributed by atoms with Crippen LogP contribution >= 0.6 is 0 Å². The molecule has 0 bridgehead atoms. The highest BCUT2D eigenvalue weighted by molar-refractivity contribution is 5.91. The number of nitrogens with one attached hydrogen (secondary N) is 1. The quantitative estimate of drug-likeness (QED) is 0.200. The van der Waals surface area contributed by atoms with Crippen molar-refractivity contribution in [2.24, 2.45) is 23.6 Å². The minimum atomic E-state index is -0.712. The number of benzene rings is 2. The van der Waals surface area contributed by atoms with Crippen molar-refractivity contribution >= 4 is 22.8 Å². The van der Waals surface area contributed by atoms with Gasteiger partial charge in [-0.2, -0.15) is 5.84 Å². The maximum atomic E-state index is 13.6. The predicted octanol–water partition coefficient (Wildman–Crippen LogP) is 0.564. The summed E-state index contributed by atoms with van der Waals surface area (Å²) < 4.78 is 39.5. The van der Waals surface area contributed by atoms with Crippen molar-refractivity contribution in [1.29, 1.82) is 0 Å². The molecule has 2 aromatic carbocycles. The van der Waals surface area contributed by atoms with E-state index in [9.17, 15) is 9.59 Å². The Bertz CT molecular complexity index is 1590. The number of hydrogen-bond acceptors (Lipinski definition) is 10. The molecule has 46 heavy (non-hydrogen) atoms. The maximum Gasteiger partial charge on any atom is 0.338 e. The SMILES string of the molecule is COC(=O)C1C2CC3c4[nH]c5cc(OC)ccc5c4CC[N+]3(N)CC2CC(OC(=O)c2cc(OC)c(OC)c(OC)c2)C1OC.[Cl-]. The first-order valence-electron chi connectivity index (χ1n) is 15.2. The van der Waals surface area contributed by atoms with E-state index in [4.69, 9.17) is 39.0 Å². The summed E-state index contributed by atoms with van der Waals surface area (Å²) >= 11 is 0. The van der Waals surface area contributed by atoms with Crippen LogP contribution in [0.2, 0.25) is 0 Å². The molecule has 1 aromatic heterocycles. The lowest BCUT2D eigenvalue weighted by Crippen LogP contribution is -3.00. The fraction of sp³-hybridized carbons (Fsp3) is 0.515. The topological polar surface area (TPSA) is 141 Å². The number of esters is 2. The molecule has 0 radical (unpaired) electrons. The fourth-order valence-electron chi connectivity index (χ4n) is 8.10. The first-order chi connectivity index (χ1) is 21.7. The van der Waals surface area contributed by atoms with Crippen molar-refractivity contribution in [1.82, 2.24) is 4.98 Å². The van der Waals surface area contributed by atoms with Gasteiger partial charge in [-0.15, -0.1) is 0 Å². The summed E-state index contributed by atoms with van der Waals surface area (Å²) in [5, 5.41) is 1.17. The summed E-state index contributed by atoms with van der Waals surface area (Å²) in [6.45, 7) is 1.38. The number of carbonyl (C=O) groups excluding carboxylic acids is 2. The number of hydrogen-bond donors (Lipinski definition) is 2. The van der Waals surface area contributed by atoms with Crippen molar-refractivity contribution in [2.75, 3.05) is 55.7 Å². The van der Waals surface area contributed by atoms with Crippen molar-refractivity contribution in [2.45, 2.75) is 37.5 Å². The second-order valence-corrected chi connectivity index (χ2v) is 12.2. The van der Waals surface area contributed by atoms with Gasteiger partial charge in [0.05, 0.1) is 59.3 Å². The van der Waals surface area contributed by atoms with E-state index >= 15 is 0 Å². The number of quaternary nitrogens is 1. The van der Waals surface area contributed by atoms with Gasteiger partial charge in [0.2, 0.25) is 5.75 Å². The van der Waals surface area contributed by atoms with Gasteiger partial charge < -0.3 is 50.5 Å². The van der Waals surface area contributed by atoms with Crippen LogP contribution in [-0.2, 0) is 25.4 Å². The molecule has 2 aliphatic heterocycles. The smallest absolute Gasteiger partial charge is 0.338 e. The predicted molar refractivity (Wildman–Crippen MR) is 163 cm³/mol. The molecule has 1 saturated heterocycles. The van der Waals surface area contributed by atoms with Gasteiger partial charge in [0.15, 0.2) is 11.5 Å². The Morgan fingerprint density at radius 2 is 1.65 bits per heavy atom. The third kappa shape index (κ3) is 5.51. The van der Waals surface area contributed by atoms with Gasteiger partial charge in [-0.3, -0.25) is 4.79 Å². The molecular weight excluding hydrogens is 618 g/mol. The first-order valence-corrected chi connectivity index (χ1v) is 15.2. The van der Waals surface area contributed by atoms with E-state index in [-0.39, 0.29) is 41.8 Å². The molecule has 0 amide bonds. The Labute approximate surface area is 274 Å². The number of piperidine rings is 1. The van der Waals surface area contributed by atoms with E-state index in [1.165, 1.54) is 46.5 Å². The second-order valence-electron chi connectivity index (χ2n) is 12.2. The lowest BCUT2D eigenvalue weighted by molar-refractivity contribution is -0.980. The van der Waals surface area contributed by atoms with Gasteiger partial charge >= 0.3 is 11.9 Å². The van der Waals surface area contributed by atoms with Crippen LogP contribution in [0.3, 0.4) is 0 Å². The number of fused-ring (bicyclic) bond motifs is 6. The number of aromatic nitrogens is 1. The summed E-state index contributed by atoms with van der Waals surface area (Å²) in [7, 11) is 9.03. The molecular formula is C33H42ClN3O9. The highest BCUT2D eigenvalue weighted by Crippen LogP contribution is 2.52. The average molecular weight is 660 g/mol. The summed E-state index contributed by atoms with van der Waals surface area (Å²) in [6, 6.07) is 9.12. The summed E-state index contributed by atoms with van der Waals surface area (Å²) in [5.74, 6) is 7.29. The van der Waals surface area contributed by atoms with E-state index in [1.54, 1.807) is 19.2 Å². The van der Waals surface area contributed by atoms with Crippen LogP contribution in [0, 0.1) is 17.8 Å². The molecule has 12 nitrogen and oxygen atoms in total. The number of carbonyl (C=O) groups is 2. The Hall–Kier alpha value is -3.71. The van der Waals surface area contributed by atoms with Crippen molar-refractivity contribution < 1.29 is 59.7 Å². The molecule has 7 atom stereocenters. The highest BCUT2D eigenvalue weighted by atomic mass is 35.5. The zero-order chi connectivity index (χ0) is 32.0. The Balaban J connectivity index is 0.00000417.